The molecule has 0 atom stereocenters. The zero-order chi connectivity index (χ0) is 7.56. The minimum absolute atomic E-state index is 1.03. The molecule has 54 valence electrons. The summed E-state index contributed by atoms with van der Waals surface area (Å²) in [6.45, 7) is 6.17. The van der Waals surface area contributed by atoms with E-state index in [1.807, 2.05) is 13.8 Å². The van der Waals surface area contributed by atoms with Crippen molar-refractivity contribution in [1.82, 2.24) is 9.97 Å². The van der Waals surface area contributed by atoms with E-state index in [9.17, 15) is 0 Å². The molecule has 0 unspecified atom stereocenters. The fourth-order valence-corrected chi connectivity index (χ4v) is 1.13. The van der Waals surface area contributed by atoms with Gasteiger partial charge < -0.3 is 0 Å². The number of rotatable bonds is 1. The van der Waals surface area contributed by atoms with Gasteiger partial charge in [0.05, 0.1) is 0 Å². The first kappa shape index (κ1) is 7.19. The lowest BCUT2D eigenvalue weighted by atomic mass is 10.1. The Kier molecular flexibility index (Phi) is 2.00. The third-order valence-electron chi connectivity index (χ3n) is 1.73. The molecule has 0 bridgehead atoms. The SMILES string of the molecule is CCc1c(C)ncnc1C. The van der Waals surface area contributed by atoms with Gasteiger partial charge in [-0.1, -0.05) is 6.92 Å². The molecule has 0 radical (unpaired) electrons. The molecule has 0 aliphatic heterocycles. The summed E-state index contributed by atoms with van der Waals surface area (Å²) in [6, 6.07) is 0. The fourth-order valence-electron chi connectivity index (χ4n) is 1.13. The van der Waals surface area contributed by atoms with Gasteiger partial charge in [-0.15, -0.1) is 0 Å². The van der Waals surface area contributed by atoms with Crippen molar-refractivity contribution in [3.63, 3.8) is 0 Å². The average molecular weight is 136 g/mol. The highest BCUT2D eigenvalue weighted by atomic mass is 14.8. The Labute approximate surface area is 61.3 Å². The van der Waals surface area contributed by atoms with Gasteiger partial charge >= 0.3 is 0 Å². The molecule has 10 heavy (non-hydrogen) atoms. The summed E-state index contributed by atoms with van der Waals surface area (Å²) in [5.74, 6) is 0. The van der Waals surface area contributed by atoms with Crippen molar-refractivity contribution in [2.24, 2.45) is 0 Å². The summed E-state index contributed by atoms with van der Waals surface area (Å²) in [5, 5.41) is 0. The third kappa shape index (κ3) is 1.15. The third-order valence-corrected chi connectivity index (χ3v) is 1.73. The van der Waals surface area contributed by atoms with Crippen LogP contribution in [-0.4, -0.2) is 9.97 Å². The van der Waals surface area contributed by atoms with Gasteiger partial charge in [-0.3, -0.25) is 0 Å². The zero-order valence-corrected chi connectivity index (χ0v) is 6.68. The Morgan fingerprint density at radius 2 is 1.70 bits per heavy atom. The molecule has 1 aromatic heterocycles. The smallest absolute Gasteiger partial charge is 0.115 e. The van der Waals surface area contributed by atoms with Gasteiger partial charge in [0.25, 0.3) is 0 Å². The summed E-state index contributed by atoms with van der Waals surface area (Å²) in [6.07, 6.45) is 2.64. The highest BCUT2D eigenvalue weighted by Gasteiger charge is 1.99. The Balaban J connectivity index is 3.17. The van der Waals surface area contributed by atoms with Gasteiger partial charge in [0.2, 0.25) is 0 Å². The molecule has 0 fully saturated rings. The van der Waals surface area contributed by atoms with E-state index in [2.05, 4.69) is 16.9 Å². The van der Waals surface area contributed by atoms with E-state index < -0.39 is 0 Å². The normalized spacial score (nSPS) is 9.90. The summed E-state index contributed by atoms with van der Waals surface area (Å²) >= 11 is 0. The highest BCUT2D eigenvalue weighted by Crippen LogP contribution is 2.07. The van der Waals surface area contributed by atoms with Crippen LogP contribution in [0.15, 0.2) is 6.33 Å². The van der Waals surface area contributed by atoms with Crippen LogP contribution in [0, 0.1) is 13.8 Å². The highest BCUT2D eigenvalue weighted by molar-refractivity contribution is 5.21. The molecular weight excluding hydrogens is 124 g/mol. The van der Waals surface area contributed by atoms with Crippen LogP contribution in [0.25, 0.3) is 0 Å². The summed E-state index contributed by atoms with van der Waals surface area (Å²) in [4.78, 5) is 8.20. The second-order valence-corrected chi connectivity index (χ2v) is 2.38. The van der Waals surface area contributed by atoms with Crippen LogP contribution in [0.2, 0.25) is 0 Å². The maximum Gasteiger partial charge on any atom is 0.115 e. The first-order valence-corrected chi connectivity index (χ1v) is 3.52. The van der Waals surface area contributed by atoms with Crippen molar-refractivity contribution < 1.29 is 0 Å². The van der Waals surface area contributed by atoms with Gasteiger partial charge in [-0.25, -0.2) is 9.97 Å². The van der Waals surface area contributed by atoms with Crippen molar-refractivity contribution in [2.45, 2.75) is 27.2 Å². The minimum atomic E-state index is 1.03. The van der Waals surface area contributed by atoms with Gasteiger partial charge in [0, 0.05) is 11.4 Å². The van der Waals surface area contributed by atoms with E-state index in [4.69, 9.17) is 0 Å². The molecule has 1 rings (SSSR count). The summed E-state index contributed by atoms with van der Waals surface area (Å²) < 4.78 is 0. The quantitative estimate of drug-likeness (QED) is 0.586. The predicted molar refractivity (Wildman–Crippen MR) is 40.9 cm³/mol. The largest absolute Gasteiger partial charge is 0.241 e. The van der Waals surface area contributed by atoms with Crippen LogP contribution in [0.5, 0.6) is 0 Å². The van der Waals surface area contributed by atoms with Gasteiger partial charge in [0.15, 0.2) is 0 Å². The Morgan fingerprint density at radius 1 is 1.20 bits per heavy atom. The molecular formula is C8H12N2. The second-order valence-electron chi connectivity index (χ2n) is 2.38. The van der Waals surface area contributed by atoms with E-state index in [1.54, 1.807) is 6.33 Å². The van der Waals surface area contributed by atoms with Crippen molar-refractivity contribution >= 4 is 0 Å². The minimum Gasteiger partial charge on any atom is -0.241 e. The number of hydrogen-bond donors (Lipinski definition) is 0. The monoisotopic (exact) mass is 136 g/mol. The van der Waals surface area contributed by atoms with Gasteiger partial charge in [-0.05, 0) is 25.8 Å². The van der Waals surface area contributed by atoms with E-state index in [0.29, 0.717) is 0 Å². The average Bonchev–Trinajstić information content (AvgIpc) is 1.88. The molecule has 0 aliphatic rings. The topological polar surface area (TPSA) is 25.8 Å². The molecule has 0 saturated heterocycles. The second kappa shape index (κ2) is 2.78. The fraction of sp³-hybridized carbons (Fsp3) is 0.500. The molecule has 0 spiro atoms. The van der Waals surface area contributed by atoms with Crippen LogP contribution >= 0.6 is 0 Å². The number of nitrogens with zero attached hydrogens (tertiary/aromatic N) is 2. The summed E-state index contributed by atoms with van der Waals surface area (Å²) in [7, 11) is 0. The van der Waals surface area contributed by atoms with Gasteiger partial charge in [0.1, 0.15) is 6.33 Å². The van der Waals surface area contributed by atoms with E-state index in [1.165, 1.54) is 5.56 Å². The molecule has 0 aliphatic carbocycles. The first-order valence-electron chi connectivity index (χ1n) is 3.52. The molecule has 2 heteroatoms. The lowest BCUT2D eigenvalue weighted by molar-refractivity contribution is 0.955. The Bertz CT molecular complexity index is 210. The standard InChI is InChI=1S/C8H12N2/c1-4-8-6(2)9-5-10-7(8)3/h5H,4H2,1-3H3. The van der Waals surface area contributed by atoms with Crippen molar-refractivity contribution in [1.29, 1.82) is 0 Å². The zero-order valence-electron chi connectivity index (χ0n) is 6.68. The maximum absolute atomic E-state index is 4.10. The lowest BCUT2D eigenvalue weighted by Gasteiger charge is -2.02. The Morgan fingerprint density at radius 3 is 2.00 bits per heavy atom. The van der Waals surface area contributed by atoms with Crippen molar-refractivity contribution in [3.8, 4) is 0 Å². The van der Waals surface area contributed by atoms with E-state index >= 15 is 0 Å². The molecule has 0 aromatic carbocycles. The van der Waals surface area contributed by atoms with Crippen LogP contribution in [0.1, 0.15) is 23.9 Å². The van der Waals surface area contributed by atoms with Gasteiger partial charge in [-0.2, -0.15) is 0 Å². The first-order chi connectivity index (χ1) is 4.75. The van der Waals surface area contributed by atoms with Crippen LogP contribution in [0.4, 0.5) is 0 Å². The molecule has 1 heterocycles. The van der Waals surface area contributed by atoms with Crippen molar-refractivity contribution in [2.75, 3.05) is 0 Å². The molecule has 0 N–H and O–H groups in total. The molecule has 0 saturated carbocycles. The summed E-state index contributed by atoms with van der Waals surface area (Å²) in [5.41, 5.74) is 3.49. The number of hydrogen-bond acceptors (Lipinski definition) is 2. The van der Waals surface area contributed by atoms with Crippen LogP contribution < -0.4 is 0 Å². The molecule has 1 aromatic rings. The predicted octanol–water partition coefficient (Wildman–Crippen LogP) is 1.66. The number of aryl methyl sites for hydroxylation is 2. The molecule has 0 amide bonds. The maximum atomic E-state index is 4.10. The van der Waals surface area contributed by atoms with Crippen LogP contribution in [0.3, 0.4) is 0 Å². The van der Waals surface area contributed by atoms with E-state index in [-0.39, 0.29) is 0 Å². The lowest BCUT2D eigenvalue weighted by Crippen LogP contribution is -1.96. The number of aromatic nitrogens is 2. The molecule has 2 nitrogen and oxygen atoms in total. The van der Waals surface area contributed by atoms with Crippen LogP contribution in [-0.2, 0) is 6.42 Å². The van der Waals surface area contributed by atoms with E-state index in [0.717, 1.165) is 17.8 Å². The van der Waals surface area contributed by atoms with Crippen molar-refractivity contribution in [3.05, 3.63) is 23.3 Å². The Hall–Kier alpha value is -0.920.